The Morgan fingerprint density at radius 3 is 2.36 bits per heavy atom. The second kappa shape index (κ2) is 22.1. The normalized spacial score (nSPS) is 36.2. The van der Waals surface area contributed by atoms with Crippen LogP contribution in [-0.4, -0.2) is 132 Å². The van der Waals surface area contributed by atoms with Crippen molar-refractivity contribution in [3.05, 3.63) is 58.6 Å². The molecule has 17 heteroatoms. The Bertz CT molecular complexity index is 2380. The molecule has 15 nitrogen and oxygen atoms in total. The lowest BCUT2D eigenvalue weighted by atomic mass is 9.49. The van der Waals surface area contributed by atoms with Crippen molar-refractivity contribution in [1.82, 2.24) is 41.9 Å². The number of fused-ring (bicyclic) bond motifs is 3. The lowest BCUT2D eigenvalue weighted by Crippen LogP contribution is -2.76. The molecule has 9 unspecified atom stereocenters. The van der Waals surface area contributed by atoms with Crippen molar-refractivity contribution >= 4 is 46.6 Å². The third-order valence-electron chi connectivity index (χ3n) is 18.9. The Kier molecular flexibility index (Phi) is 16.1. The summed E-state index contributed by atoms with van der Waals surface area (Å²) in [5, 5.41) is 24.9. The van der Waals surface area contributed by atoms with Crippen molar-refractivity contribution in [3.8, 4) is 11.8 Å². The van der Waals surface area contributed by atoms with Crippen LogP contribution in [-0.2, 0) is 14.3 Å². The number of halogens is 1. The molecule has 74 heavy (non-hydrogen) atoms. The first kappa shape index (κ1) is 53.9. The molecule has 404 valence electrons. The molecule has 10 atom stereocenters. The number of aliphatic imine (C=N–C) groups is 1. The Morgan fingerprint density at radius 1 is 0.973 bits per heavy atom. The van der Waals surface area contributed by atoms with Crippen LogP contribution < -0.4 is 41.8 Å². The number of ether oxygens (including phenoxy) is 2. The number of piperidine rings is 1. The number of hydrogen-bond donors (Lipinski definition) is 6. The molecule has 6 N–H and O–H groups in total. The summed E-state index contributed by atoms with van der Waals surface area (Å²) in [7, 11) is 2.22. The smallest absolute Gasteiger partial charge is 0.226 e. The standard InChI is InChI=1S/C57H84ClN11O4S/c1-10-60-46(70)29-45-50-66-65-34(4)69(50)52-47(32(2)33(3)74-52)49(62-45)36-16-19-38(20-17-36)67(9)39-26-42(27-39)72-40-22-24-68(25-23-40)55-61-31-43(48(63-55)35-14-12-11-13-15-35)51(71)64-53-56(5,6)54(57(53,7)8)73-41-21-18-37(30-59)44(58)28-41/h16-21,28,32-35,39-40,42-43,45,47-48,50,52-55,61,63,65-66H,10-15,22-27,29,31H2,1-9H3,(H,60,70)(H,64,71)/t32?,33?,34?,39?,42?,43?,45-,47?,48?,50?,52?,53?,54?,55?/m0/s1. The zero-order valence-corrected chi connectivity index (χ0v) is 46.9. The van der Waals surface area contributed by atoms with E-state index in [1.807, 2.05) is 18.7 Å². The van der Waals surface area contributed by atoms with E-state index in [2.05, 4.69) is 133 Å². The second-order valence-corrected chi connectivity index (χ2v) is 26.2. The van der Waals surface area contributed by atoms with Gasteiger partial charge in [-0.1, -0.05) is 84.5 Å². The minimum Gasteiger partial charge on any atom is -0.489 e. The molecule has 8 aliphatic rings. The Labute approximate surface area is 450 Å². The molecule has 0 radical (unpaired) electrons. The first-order chi connectivity index (χ1) is 35.5. The van der Waals surface area contributed by atoms with Gasteiger partial charge in [-0.2, -0.15) is 5.26 Å². The molecule has 3 aliphatic carbocycles. The molecule has 5 aliphatic heterocycles. The van der Waals surface area contributed by atoms with Gasteiger partial charge in [-0.25, -0.2) is 10.9 Å². The molecule has 2 aromatic rings. The van der Waals surface area contributed by atoms with Gasteiger partial charge >= 0.3 is 0 Å². The largest absolute Gasteiger partial charge is 0.489 e. The van der Waals surface area contributed by atoms with Gasteiger partial charge in [0.2, 0.25) is 11.8 Å². The molecule has 4 saturated heterocycles. The minimum atomic E-state index is -0.328. The number of thioether (sulfide) groups is 1. The van der Waals surface area contributed by atoms with Crippen LogP contribution in [0.5, 0.6) is 5.75 Å². The topological polar surface area (TPSA) is 171 Å². The summed E-state index contributed by atoms with van der Waals surface area (Å²) in [5.41, 5.74) is 10.2. The van der Waals surface area contributed by atoms with E-state index in [1.165, 1.54) is 24.9 Å². The van der Waals surface area contributed by atoms with Gasteiger partial charge in [0.25, 0.3) is 0 Å². The number of nitrogens with one attached hydrogen (secondary N) is 6. The zero-order valence-electron chi connectivity index (χ0n) is 45.3. The van der Waals surface area contributed by atoms with E-state index < -0.39 is 0 Å². The lowest BCUT2D eigenvalue weighted by molar-refractivity contribution is -0.175. The number of carbonyl (C=O) groups is 2. The maximum atomic E-state index is 14.5. The van der Waals surface area contributed by atoms with Crippen LogP contribution in [0.15, 0.2) is 47.5 Å². The molecule has 7 fully saturated rings. The molecule has 5 heterocycles. The van der Waals surface area contributed by atoms with E-state index in [0.717, 1.165) is 62.9 Å². The number of nitriles is 1. The predicted octanol–water partition coefficient (Wildman–Crippen LogP) is 7.19. The van der Waals surface area contributed by atoms with Gasteiger partial charge in [0, 0.05) is 90.8 Å². The highest BCUT2D eigenvalue weighted by Gasteiger charge is 2.64. The molecular formula is C57H84ClN11O4S. The maximum absolute atomic E-state index is 14.5. The van der Waals surface area contributed by atoms with Crippen LogP contribution in [0.3, 0.4) is 0 Å². The van der Waals surface area contributed by atoms with Crippen LogP contribution in [0, 0.1) is 45.8 Å². The molecule has 10 rings (SSSR count). The SMILES string of the molecule is CCNC(=O)C[C@@H]1N=C(c2ccc(N(C)C3CC(OC4CCN(C5NCC(C(=O)NC6C(C)(C)C(Oc7ccc(C#N)c(Cl)c7)C6(C)C)C(C6CCCCC6)N5)CC4)C3)cc2)C2C(C)C(C)SC2N2C(C)NNC12. The van der Waals surface area contributed by atoms with E-state index >= 15 is 0 Å². The number of hydrogen-bond acceptors (Lipinski definition) is 14. The van der Waals surface area contributed by atoms with Gasteiger partial charge in [-0.3, -0.25) is 35.0 Å². The van der Waals surface area contributed by atoms with Crippen molar-refractivity contribution in [2.45, 2.75) is 191 Å². The van der Waals surface area contributed by atoms with E-state index in [4.69, 9.17) is 26.1 Å². The van der Waals surface area contributed by atoms with E-state index in [-0.39, 0.29) is 94.9 Å². The quantitative estimate of drug-likeness (QED) is 0.113. The van der Waals surface area contributed by atoms with Crippen molar-refractivity contribution in [2.24, 2.45) is 39.5 Å². The van der Waals surface area contributed by atoms with E-state index in [0.29, 0.717) is 59.0 Å². The average Bonchev–Trinajstić information content (AvgIpc) is 3.87. The number of nitrogens with zero attached hydrogens (tertiary/aromatic N) is 5. The summed E-state index contributed by atoms with van der Waals surface area (Å²) in [5.74, 6) is 1.76. The third kappa shape index (κ3) is 10.5. The minimum absolute atomic E-state index is 0.0258. The van der Waals surface area contributed by atoms with Gasteiger partial charge in [-0.15, -0.1) is 11.8 Å². The summed E-state index contributed by atoms with van der Waals surface area (Å²) >= 11 is 8.41. The number of benzene rings is 2. The Hall–Kier alpha value is -3.50. The summed E-state index contributed by atoms with van der Waals surface area (Å²) in [6.07, 6.45) is 10.9. The number of carbonyl (C=O) groups excluding carboxylic acids is 2. The summed E-state index contributed by atoms with van der Waals surface area (Å²) in [6.45, 7) is 20.7. The molecule has 3 saturated carbocycles. The molecule has 2 aromatic carbocycles. The summed E-state index contributed by atoms with van der Waals surface area (Å²) in [6, 6.07) is 16.6. The van der Waals surface area contributed by atoms with Crippen LogP contribution in [0.4, 0.5) is 5.69 Å². The van der Waals surface area contributed by atoms with Gasteiger partial charge in [-0.05, 0) is 94.0 Å². The van der Waals surface area contributed by atoms with Crippen LogP contribution in [0.1, 0.15) is 131 Å². The number of rotatable bonds is 14. The zero-order chi connectivity index (χ0) is 52.2. The first-order valence-electron chi connectivity index (χ1n) is 28.1. The second-order valence-electron chi connectivity index (χ2n) is 24.3. The lowest BCUT2D eigenvalue weighted by Gasteiger charge is -2.63. The molecule has 2 amide bonds. The Balaban J connectivity index is 0.715. The number of anilines is 1. The molecule has 0 bridgehead atoms. The number of amides is 2. The van der Waals surface area contributed by atoms with Gasteiger partial charge in [0.15, 0.2) is 0 Å². The molecular weight excluding hydrogens is 970 g/mol. The van der Waals surface area contributed by atoms with Gasteiger partial charge in [0.05, 0.1) is 58.9 Å². The number of hydrazine groups is 1. The van der Waals surface area contributed by atoms with Gasteiger partial charge < -0.3 is 25.0 Å². The fourth-order valence-electron chi connectivity index (χ4n) is 14.7. The van der Waals surface area contributed by atoms with Crippen molar-refractivity contribution < 1.29 is 19.1 Å². The maximum Gasteiger partial charge on any atom is 0.226 e. The summed E-state index contributed by atoms with van der Waals surface area (Å²) in [4.78, 5) is 40.5. The van der Waals surface area contributed by atoms with Crippen molar-refractivity contribution in [3.63, 3.8) is 0 Å². The fourth-order valence-corrected chi connectivity index (χ4v) is 16.8. The molecule has 0 aromatic heterocycles. The number of likely N-dealkylation sites (tertiary alicyclic amines) is 1. The Morgan fingerprint density at radius 2 is 1.69 bits per heavy atom. The molecule has 0 spiro atoms. The van der Waals surface area contributed by atoms with E-state index in [9.17, 15) is 14.9 Å². The summed E-state index contributed by atoms with van der Waals surface area (Å²) < 4.78 is 13.4. The van der Waals surface area contributed by atoms with Crippen LogP contribution >= 0.6 is 23.4 Å². The first-order valence-corrected chi connectivity index (χ1v) is 29.5. The van der Waals surface area contributed by atoms with Crippen molar-refractivity contribution in [2.75, 3.05) is 38.1 Å². The highest BCUT2D eigenvalue weighted by atomic mass is 35.5. The van der Waals surface area contributed by atoms with E-state index in [1.54, 1.807) is 18.2 Å². The third-order valence-corrected chi connectivity index (χ3v) is 20.9. The van der Waals surface area contributed by atoms with Crippen molar-refractivity contribution in [1.29, 1.82) is 5.26 Å². The highest BCUT2D eigenvalue weighted by molar-refractivity contribution is 8.00. The predicted molar refractivity (Wildman–Crippen MR) is 295 cm³/mol. The highest BCUT2D eigenvalue weighted by Crippen LogP contribution is 2.56. The average molecular weight is 1050 g/mol. The fraction of sp³-hybridized carbons (Fsp3) is 0.719. The van der Waals surface area contributed by atoms with Gasteiger partial charge in [0.1, 0.15) is 24.2 Å². The van der Waals surface area contributed by atoms with Crippen LogP contribution in [0.25, 0.3) is 0 Å². The monoisotopic (exact) mass is 1050 g/mol. The van der Waals surface area contributed by atoms with Crippen LogP contribution in [0.2, 0.25) is 5.02 Å².